The first-order valence-corrected chi connectivity index (χ1v) is 26.4. The van der Waals surface area contributed by atoms with Crippen LogP contribution in [0.3, 0.4) is 0 Å². The third-order valence-electron chi connectivity index (χ3n) is 16.3. The zero-order valence-electron chi connectivity index (χ0n) is 41.8. The van der Waals surface area contributed by atoms with Gasteiger partial charge in [-0.3, -0.25) is 0 Å². The van der Waals surface area contributed by atoms with Crippen LogP contribution >= 0.6 is 0 Å². The van der Waals surface area contributed by atoms with E-state index < -0.39 is 5.41 Å². The van der Waals surface area contributed by atoms with Crippen LogP contribution in [0.1, 0.15) is 27.8 Å². The summed E-state index contributed by atoms with van der Waals surface area (Å²) in [6.45, 7) is 0.742. The van der Waals surface area contributed by atoms with E-state index in [2.05, 4.69) is 289 Å². The number of hydrogen-bond donors (Lipinski definition) is 0. The van der Waals surface area contributed by atoms with Crippen molar-refractivity contribution in [3.63, 3.8) is 0 Å². The molecular formula is C73H50N2O. The standard InChI is InChI=1S/C73H50N2O/c1-3-18-49(19-4-1)58-29-15-20-51-21-16-30-59(71(51)58)50-36-40-55(41-37-50)74(56-42-38-54(39-43-56)73(53-23-5-2-6-24-53)65-31-11-7-25-60(65)61-26-8-12-32-66(61)73)47-46-52-22-17-35-69-72(52)64-45-44-57(48-70(64)76-69)75-67-33-13-9-27-62(67)63-28-10-14-34-68(63)75/h1-45,48H,46-47H2. The highest BCUT2D eigenvalue weighted by molar-refractivity contribution is 6.11. The lowest BCUT2D eigenvalue weighted by atomic mass is 9.68. The second kappa shape index (κ2) is 17.8. The Bertz CT molecular complexity index is 4400. The Balaban J connectivity index is 0.842. The van der Waals surface area contributed by atoms with Crippen LogP contribution in [0.25, 0.3) is 93.6 Å². The zero-order valence-corrected chi connectivity index (χ0v) is 41.8. The molecule has 15 rings (SSSR count). The van der Waals surface area contributed by atoms with Crippen LogP contribution in [0.15, 0.2) is 283 Å². The van der Waals surface area contributed by atoms with Crippen LogP contribution in [0.5, 0.6) is 0 Å². The summed E-state index contributed by atoms with van der Waals surface area (Å²) < 4.78 is 9.15. The molecule has 0 saturated heterocycles. The van der Waals surface area contributed by atoms with Crippen molar-refractivity contribution in [3.05, 3.63) is 307 Å². The number of rotatable bonds is 10. The first-order valence-electron chi connectivity index (χ1n) is 26.4. The van der Waals surface area contributed by atoms with E-state index in [1.807, 2.05) is 0 Å². The Hall–Kier alpha value is -9.70. The lowest BCUT2D eigenvalue weighted by Gasteiger charge is -2.34. The summed E-state index contributed by atoms with van der Waals surface area (Å²) in [7, 11) is 0. The molecule has 0 N–H and O–H groups in total. The Morgan fingerprint density at radius 1 is 0.368 bits per heavy atom. The number of benzene rings is 12. The monoisotopic (exact) mass is 970 g/mol. The number of nitrogens with zero attached hydrogens (tertiary/aromatic N) is 2. The second-order valence-corrected chi connectivity index (χ2v) is 20.2. The second-order valence-electron chi connectivity index (χ2n) is 20.2. The van der Waals surface area contributed by atoms with Crippen molar-refractivity contribution in [2.75, 3.05) is 11.4 Å². The molecule has 0 amide bonds. The first-order chi connectivity index (χ1) is 37.7. The van der Waals surface area contributed by atoms with Crippen LogP contribution in [0.2, 0.25) is 0 Å². The quantitative estimate of drug-likeness (QED) is 0.136. The molecule has 3 heteroatoms. The molecule has 1 aliphatic rings. The van der Waals surface area contributed by atoms with Crippen LogP contribution in [0.4, 0.5) is 11.4 Å². The molecule has 0 saturated carbocycles. The molecule has 1 aliphatic carbocycles. The van der Waals surface area contributed by atoms with E-state index in [-0.39, 0.29) is 0 Å². The van der Waals surface area contributed by atoms with Gasteiger partial charge in [-0.05, 0) is 133 Å². The predicted molar refractivity (Wildman–Crippen MR) is 317 cm³/mol. The van der Waals surface area contributed by atoms with E-state index >= 15 is 0 Å². The molecule has 14 aromatic rings. The third kappa shape index (κ3) is 6.82. The largest absolute Gasteiger partial charge is 0.456 e. The van der Waals surface area contributed by atoms with Crippen molar-refractivity contribution in [2.45, 2.75) is 11.8 Å². The highest BCUT2D eigenvalue weighted by Crippen LogP contribution is 2.56. The smallest absolute Gasteiger partial charge is 0.137 e. The van der Waals surface area contributed by atoms with Crippen molar-refractivity contribution < 1.29 is 4.42 Å². The van der Waals surface area contributed by atoms with Gasteiger partial charge in [0.1, 0.15) is 11.2 Å². The molecule has 0 spiro atoms. The average molecular weight is 971 g/mol. The van der Waals surface area contributed by atoms with Crippen molar-refractivity contribution in [3.8, 4) is 39.1 Å². The van der Waals surface area contributed by atoms with Crippen LogP contribution < -0.4 is 4.90 Å². The van der Waals surface area contributed by atoms with Gasteiger partial charge in [-0.2, -0.15) is 0 Å². The van der Waals surface area contributed by atoms with Gasteiger partial charge in [-0.15, -0.1) is 0 Å². The van der Waals surface area contributed by atoms with Gasteiger partial charge in [0.15, 0.2) is 0 Å². The van der Waals surface area contributed by atoms with Crippen molar-refractivity contribution in [1.29, 1.82) is 0 Å². The topological polar surface area (TPSA) is 21.3 Å². The predicted octanol–water partition coefficient (Wildman–Crippen LogP) is 18.9. The van der Waals surface area contributed by atoms with Gasteiger partial charge >= 0.3 is 0 Å². The summed E-state index contributed by atoms with van der Waals surface area (Å²) in [4.78, 5) is 2.50. The lowest BCUT2D eigenvalue weighted by molar-refractivity contribution is 0.668. The van der Waals surface area contributed by atoms with Crippen LogP contribution in [-0.2, 0) is 11.8 Å². The molecule has 0 atom stereocenters. The lowest BCUT2D eigenvalue weighted by Crippen LogP contribution is -2.28. The summed E-state index contributed by atoms with van der Waals surface area (Å²) >= 11 is 0. The van der Waals surface area contributed by atoms with Gasteiger partial charge in [0, 0.05) is 51.2 Å². The Kier molecular flexibility index (Phi) is 10.2. The molecular weight excluding hydrogens is 921 g/mol. The fourth-order valence-electron chi connectivity index (χ4n) is 12.9. The average Bonchev–Trinajstić information content (AvgIpc) is 4.25. The van der Waals surface area contributed by atoms with Gasteiger partial charge < -0.3 is 13.9 Å². The molecule has 0 aliphatic heterocycles. The molecule has 0 fully saturated rings. The number of fused-ring (bicyclic) bond motifs is 10. The molecule has 0 radical (unpaired) electrons. The van der Waals surface area contributed by atoms with E-state index in [1.54, 1.807) is 0 Å². The number of aromatic nitrogens is 1. The van der Waals surface area contributed by atoms with Gasteiger partial charge in [-0.1, -0.05) is 218 Å². The number of anilines is 2. The maximum absolute atomic E-state index is 6.79. The third-order valence-corrected chi connectivity index (χ3v) is 16.3. The van der Waals surface area contributed by atoms with Gasteiger partial charge in [0.05, 0.1) is 16.4 Å². The minimum atomic E-state index is -0.476. The molecule has 0 unspecified atom stereocenters. The molecule has 12 aromatic carbocycles. The van der Waals surface area contributed by atoms with Crippen molar-refractivity contribution >= 4 is 65.9 Å². The molecule has 2 aromatic heterocycles. The summed E-state index contributed by atoms with van der Waals surface area (Å²) in [6.07, 6.45) is 0.794. The molecule has 0 bridgehead atoms. The summed E-state index contributed by atoms with van der Waals surface area (Å²) in [5, 5.41) is 7.29. The zero-order chi connectivity index (χ0) is 50.2. The van der Waals surface area contributed by atoms with Crippen LogP contribution in [0, 0.1) is 0 Å². The number of furan rings is 1. The van der Waals surface area contributed by atoms with E-state index in [4.69, 9.17) is 4.42 Å². The Morgan fingerprint density at radius 3 is 1.55 bits per heavy atom. The molecule has 76 heavy (non-hydrogen) atoms. The summed E-state index contributed by atoms with van der Waals surface area (Å²) in [5.41, 5.74) is 20.9. The van der Waals surface area contributed by atoms with Gasteiger partial charge in [0.25, 0.3) is 0 Å². The Labute approximate surface area is 441 Å². The first kappa shape index (κ1) is 43.8. The minimum Gasteiger partial charge on any atom is -0.456 e. The van der Waals surface area contributed by atoms with Gasteiger partial charge in [-0.25, -0.2) is 0 Å². The minimum absolute atomic E-state index is 0.476. The van der Waals surface area contributed by atoms with Crippen molar-refractivity contribution in [2.24, 2.45) is 0 Å². The highest BCUT2D eigenvalue weighted by Gasteiger charge is 2.45. The van der Waals surface area contributed by atoms with Gasteiger partial charge in [0.2, 0.25) is 0 Å². The number of para-hydroxylation sites is 2. The van der Waals surface area contributed by atoms with E-state index in [1.165, 1.54) is 99.2 Å². The van der Waals surface area contributed by atoms with E-state index in [9.17, 15) is 0 Å². The van der Waals surface area contributed by atoms with Crippen LogP contribution in [-0.4, -0.2) is 11.1 Å². The highest BCUT2D eigenvalue weighted by atomic mass is 16.3. The maximum atomic E-state index is 6.79. The van der Waals surface area contributed by atoms with Crippen molar-refractivity contribution in [1.82, 2.24) is 4.57 Å². The number of hydrogen-bond acceptors (Lipinski definition) is 2. The molecule has 358 valence electrons. The maximum Gasteiger partial charge on any atom is 0.137 e. The SMILES string of the molecule is c1ccc(-c2cccc3cccc(-c4ccc(N(CCc5cccc6oc7cc(-n8c9ccccc9c9ccccc98)ccc7c56)c5ccc(C6(c7ccccc7)c7ccccc7-c7ccccc76)cc5)cc4)c23)cc1. The fourth-order valence-corrected chi connectivity index (χ4v) is 12.9. The summed E-state index contributed by atoms with van der Waals surface area (Å²) in [6, 6.07) is 102. The van der Waals surface area contributed by atoms with E-state index in [0.29, 0.717) is 0 Å². The summed E-state index contributed by atoms with van der Waals surface area (Å²) in [5.74, 6) is 0. The normalized spacial score (nSPS) is 12.7. The van der Waals surface area contributed by atoms with E-state index in [0.717, 1.165) is 46.6 Å². The fraction of sp³-hybridized carbons (Fsp3) is 0.0411. The Morgan fingerprint density at radius 2 is 0.895 bits per heavy atom. The molecule has 3 nitrogen and oxygen atoms in total. The molecule has 2 heterocycles.